The molecule has 0 aromatic heterocycles. The van der Waals surface area contributed by atoms with Gasteiger partial charge in [0.2, 0.25) is 0 Å². The summed E-state index contributed by atoms with van der Waals surface area (Å²) in [5, 5.41) is 2.24. The predicted octanol–water partition coefficient (Wildman–Crippen LogP) is 1.38. The summed E-state index contributed by atoms with van der Waals surface area (Å²) in [6.07, 6.45) is 0. The predicted molar refractivity (Wildman–Crippen MR) is 47.9 cm³/mol. The van der Waals surface area contributed by atoms with Crippen LogP contribution in [0.4, 0.5) is 0 Å². The Bertz CT molecular complexity index is 386. The zero-order chi connectivity index (χ0) is 10.6. The number of hydrogen-bond donors (Lipinski definition) is 0. The molecule has 0 radical (unpaired) electrons. The molecule has 14 heavy (non-hydrogen) atoms. The fourth-order valence-electron chi connectivity index (χ4n) is 0.950. The molecule has 72 valence electrons. The molecule has 5 heteroatoms. The monoisotopic (exact) mass is 193 g/mol. The molecule has 1 aromatic rings. The molecular formula is C9H7NO4. The minimum Gasteiger partial charge on any atom is -0.465 e. The van der Waals surface area contributed by atoms with Gasteiger partial charge in [0.15, 0.2) is 0 Å². The van der Waals surface area contributed by atoms with Crippen LogP contribution in [-0.4, -0.2) is 19.0 Å². The first-order valence-electron chi connectivity index (χ1n) is 3.75. The van der Waals surface area contributed by atoms with E-state index in [4.69, 9.17) is 0 Å². The van der Waals surface area contributed by atoms with E-state index < -0.39 is 11.9 Å². The Morgan fingerprint density at radius 3 is 2.50 bits per heavy atom. The summed E-state index contributed by atoms with van der Waals surface area (Å²) in [7, 11) is 1.23. The van der Waals surface area contributed by atoms with Crippen LogP contribution in [0.25, 0.3) is 0 Å². The number of ether oxygens (including phenoxy) is 1. The molecule has 0 fully saturated rings. The van der Waals surface area contributed by atoms with Crippen molar-refractivity contribution in [3.8, 4) is 0 Å². The summed E-state index contributed by atoms with van der Waals surface area (Å²) in [4.78, 5) is 31.8. The quantitative estimate of drug-likeness (QED) is 0.525. The number of carbonyl (C=O) groups is 2. The molecule has 0 saturated heterocycles. The highest BCUT2D eigenvalue weighted by Gasteiger charge is 2.10. The van der Waals surface area contributed by atoms with Crippen LogP contribution in [-0.2, 0) is 4.74 Å². The van der Waals surface area contributed by atoms with E-state index >= 15 is 0 Å². The van der Waals surface area contributed by atoms with Crippen molar-refractivity contribution in [1.29, 1.82) is 0 Å². The van der Waals surface area contributed by atoms with E-state index in [9.17, 15) is 14.5 Å². The zero-order valence-electron chi connectivity index (χ0n) is 7.39. The number of carbonyl (C=O) groups excluding carboxylic acids is 2. The Kier molecular flexibility index (Phi) is 3.06. The van der Waals surface area contributed by atoms with Crippen molar-refractivity contribution in [2.24, 2.45) is 5.18 Å². The van der Waals surface area contributed by atoms with Crippen LogP contribution in [0.3, 0.4) is 0 Å². The summed E-state index contributed by atoms with van der Waals surface area (Å²) in [6.45, 7) is 0. The lowest BCUT2D eigenvalue weighted by atomic mass is 10.1. The minimum absolute atomic E-state index is 0.0721. The highest BCUT2D eigenvalue weighted by Crippen LogP contribution is 2.07. The molecule has 0 bridgehead atoms. The lowest BCUT2D eigenvalue weighted by Crippen LogP contribution is -2.03. The number of nitrogens with zero attached hydrogens (tertiary/aromatic N) is 1. The van der Waals surface area contributed by atoms with Crippen LogP contribution in [0.2, 0.25) is 0 Å². The molecule has 0 spiro atoms. The maximum Gasteiger partial charge on any atom is 0.337 e. The van der Waals surface area contributed by atoms with Gasteiger partial charge in [-0.1, -0.05) is 6.07 Å². The van der Waals surface area contributed by atoms with Gasteiger partial charge < -0.3 is 4.74 Å². The summed E-state index contributed by atoms with van der Waals surface area (Å²) in [5.74, 6) is -1.47. The Morgan fingerprint density at radius 2 is 1.93 bits per heavy atom. The average molecular weight is 193 g/mol. The van der Waals surface area contributed by atoms with Crippen LogP contribution >= 0.6 is 0 Å². The fourth-order valence-corrected chi connectivity index (χ4v) is 0.950. The average Bonchev–Trinajstić information content (AvgIpc) is 2.27. The molecule has 0 unspecified atom stereocenters. The van der Waals surface area contributed by atoms with E-state index in [1.807, 2.05) is 0 Å². The van der Waals surface area contributed by atoms with E-state index in [1.54, 1.807) is 0 Å². The lowest BCUT2D eigenvalue weighted by molar-refractivity contribution is 0.0600. The van der Waals surface area contributed by atoms with E-state index in [0.29, 0.717) is 0 Å². The molecule has 1 rings (SSSR count). The number of rotatable bonds is 2. The van der Waals surface area contributed by atoms with Crippen LogP contribution in [0.5, 0.6) is 0 Å². The van der Waals surface area contributed by atoms with Crippen LogP contribution in [0.15, 0.2) is 29.4 Å². The Morgan fingerprint density at radius 1 is 1.29 bits per heavy atom. The Hall–Kier alpha value is -2.04. The maximum atomic E-state index is 11.0. The lowest BCUT2D eigenvalue weighted by Gasteiger charge is -1.99. The van der Waals surface area contributed by atoms with Crippen LogP contribution in [0, 0.1) is 4.91 Å². The van der Waals surface area contributed by atoms with Gasteiger partial charge in [-0.3, -0.25) is 4.79 Å². The third-order valence-corrected chi connectivity index (χ3v) is 1.61. The third kappa shape index (κ3) is 2.01. The molecule has 1 amide bonds. The second-order valence-corrected chi connectivity index (χ2v) is 2.47. The van der Waals surface area contributed by atoms with E-state index in [2.05, 4.69) is 9.91 Å². The molecule has 0 heterocycles. The third-order valence-electron chi connectivity index (χ3n) is 1.61. The molecule has 0 aliphatic carbocycles. The molecular weight excluding hydrogens is 186 g/mol. The van der Waals surface area contributed by atoms with E-state index in [-0.39, 0.29) is 11.1 Å². The summed E-state index contributed by atoms with van der Waals surface area (Å²) >= 11 is 0. The molecule has 0 saturated carbocycles. The number of benzene rings is 1. The second-order valence-electron chi connectivity index (χ2n) is 2.47. The number of nitroso groups, excluding NO2 is 1. The number of esters is 1. The molecule has 5 nitrogen and oxygen atoms in total. The van der Waals surface area contributed by atoms with Gasteiger partial charge in [-0.25, -0.2) is 4.79 Å². The first kappa shape index (κ1) is 10.0. The van der Waals surface area contributed by atoms with Crippen molar-refractivity contribution < 1.29 is 14.3 Å². The van der Waals surface area contributed by atoms with Crippen molar-refractivity contribution in [2.45, 2.75) is 0 Å². The fraction of sp³-hybridized carbons (Fsp3) is 0.111. The highest BCUT2D eigenvalue weighted by atomic mass is 16.5. The number of amides is 1. The standard InChI is InChI=1S/C9H7NO4/c1-14-9(12)7-4-2-3-6(5-7)8(11)10-13/h2-5H,1H3. The van der Waals surface area contributed by atoms with Gasteiger partial charge in [-0.15, -0.1) is 4.91 Å². The minimum atomic E-state index is -0.907. The number of hydrogen-bond acceptors (Lipinski definition) is 4. The molecule has 0 aliphatic rings. The van der Waals surface area contributed by atoms with Gasteiger partial charge in [0.1, 0.15) is 0 Å². The molecule has 1 aromatic carbocycles. The van der Waals surface area contributed by atoms with Crippen molar-refractivity contribution in [3.05, 3.63) is 40.3 Å². The zero-order valence-corrected chi connectivity index (χ0v) is 7.39. The van der Waals surface area contributed by atoms with Gasteiger partial charge >= 0.3 is 11.9 Å². The molecule has 0 atom stereocenters. The summed E-state index contributed by atoms with van der Waals surface area (Å²) in [6, 6.07) is 5.61. The summed E-state index contributed by atoms with van der Waals surface area (Å²) in [5.41, 5.74) is 0.282. The second kappa shape index (κ2) is 4.27. The normalized spacial score (nSPS) is 9.21. The van der Waals surface area contributed by atoms with Crippen molar-refractivity contribution >= 4 is 11.9 Å². The topological polar surface area (TPSA) is 72.8 Å². The highest BCUT2D eigenvalue weighted by molar-refractivity contribution is 5.98. The van der Waals surface area contributed by atoms with Gasteiger partial charge in [0.25, 0.3) is 0 Å². The van der Waals surface area contributed by atoms with E-state index in [1.165, 1.54) is 31.4 Å². The van der Waals surface area contributed by atoms with Gasteiger partial charge in [-0.05, 0) is 18.2 Å². The van der Waals surface area contributed by atoms with Gasteiger partial charge in [0, 0.05) is 10.7 Å². The smallest absolute Gasteiger partial charge is 0.337 e. The first-order chi connectivity index (χ1) is 6.69. The maximum absolute atomic E-state index is 11.0. The van der Waals surface area contributed by atoms with Gasteiger partial charge in [-0.2, -0.15) is 0 Å². The SMILES string of the molecule is COC(=O)c1cccc(C(=O)N=O)c1. The van der Waals surface area contributed by atoms with Gasteiger partial charge in [0.05, 0.1) is 12.7 Å². The Labute approximate surface area is 79.7 Å². The van der Waals surface area contributed by atoms with E-state index in [0.717, 1.165) is 0 Å². The van der Waals surface area contributed by atoms with Crippen LogP contribution < -0.4 is 0 Å². The first-order valence-corrected chi connectivity index (χ1v) is 3.75. The molecule has 0 N–H and O–H groups in total. The Balaban J connectivity index is 3.06. The largest absolute Gasteiger partial charge is 0.465 e. The number of methoxy groups -OCH3 is 1. The van der Waals surface area contributed by atoms with Crippen LogP contribution in [0.1, 0.15) is 20.7 Å². The van der Waals surface area contributed by atoms with Crippen molar-refractivity contribution in [2.75, 3.05) is 7.11 Å². The van der Waals surface area contributed by atoms with Crippen molar-refractivity contribution in [1.82, 2.24) is 0 Å². The summed E-state index contributed by atoms with van der Waals surface area (Å²) < 4.78 is 4.45. The molecule has 0 aliphatic heterocycles. The van der Waals surface area contributed by atoms with Crippen molar-refractivity contribution in [3.63, 3.8) is 0 Å².